The molecule has 1 heterocycles. The van der Waals surface area contributed by atoms with E-state index in [0.29, 0.717) is 6.54 Å². The molecule has 0 radical (unpaired) electrons. The number of hydrogen-bond acceptors (Lipinski definition) is 4. The Balaban J connectivity index is 2.07. The molecule has 104 valence electrons. The number of aromatic nitrogens is 1. The fraction of sp³-hybridized carbons (Fsp3) is 0.200. The van der Waals surface area contributed by atoms with Gasteiger partial charge in [0.25, 0.3) is 0 Å². The summed E-state index contributed by atoms with van der Waals surface area (Å²) in [6.45, 7) is 0.546. The fourth-order valence-electron chi connectivity index (χ4n) is 1.85. The molecule has 5 heteroatoms. The minimum absolute atomic E-state index is 0.197. The number of carbonyl (C=O) groups is 1. The van der Waals surface area contributed by atoms with Gasteiger partial charge in [0.15, 0.2) is 0 Å². The summed E-state index contributed by atoms with van der Waals surface area (Å²) in [5, 5.41) is 12.1. The molecule has 2 rings (SSSR count). The number of anilines is 2. The van der Waals surface area contributed by atoms with Crippen LogP contribution in [0.5, 0.6) is 0 Å². The maximum absolute atomic E-state index is 10.8. The van der Waals surface area contributed by atoms with Gasteiger partial charge < -0.3 is 15.3 Å². The first-order valence-electron chi connectivity index (χ1n) is 6.26. The van der Waals surface area contributed by atoms with Crippen LogP contribution in [0.25, 0.3) is 0 Å². The molecule has 1 aromatic carbocycles. The number of carboxylic acid groups (broad SMARTS) is 1. The molecule has 1 aromatic heterocycles. The first-order valence-corrected chi connectivity index (χ1v) is 6.26. The Morgan fingerprint density at radius 3 is 2.60 bits per heavy atom. The molecule has 0 aliphatic heterocycles. The van der Waals surface area contributed by atoms with E-state index in [1.807, 2.05) is 43.3 Å². The van der Waals surface area contributed by atoms with Gasteiger partial charge in [-0.3, -0.25) is 4.98 Å². The number of rotatable bonds is 5. The van der Waals surface area contributed by atoms with Crippen molar-refractivity contribution in [2.24, 2.45) is 0 Å². The number of nitrogens with zero attached hydrogens (tertiary/aromatic N) is 2. The highest BCUT2D eigenvalue weighted by Crippen LogP contribution is 2.23. The molecule has 0 saturated carbocycles. The lowest BCUT2D eigenvalue weighted by Crippen LogP contribution is -2.12. The summed E-state index contributed by atoms with van der Waals surface area (Å²) < 4.78 is 0. The van der Waals surface area contributed by atoms with Crippen LogP contribution >= 0.6 is 0 Å². The van der Waals surface area contributed by atoms with Crippen LogP contribution in [0.15, 0.2) is 42.6 Å². The van der Waals surface area contributed by atoms with Crippen molar-refractivity contribution in [2.75, 3.05) is 24.3 Å². The lowest BCUT2D eigenvalue weighted by Gasteiger charge is -2.18. The number of nitrogens with one attached hydrogen (secondary N) is 1. The second-order valence-electron chi connectivity index (χ2n) is 4.61. The van der Waals surface area contributed by atoms with Crippen LogP contribution in [0.1, 0.15) is 16.1 Å². The first kappa shape index (κ1) is 13.9. The van der Waals surface area contributed by atoms with Gasteiger partial charge in [0.05, 0.1) is 29.2 Å². The van der Waals surface area contributed by atoms with Crippen molar-refractivity contribution in [1.82, 2.24) is 4.98 Å². The number of benzene rings is 1. The molecule has 2 aromatic rings. The van der Waals surface area contributed by atoms with Crippen LogP contribution in [0.4, 0.5) is 11.4 Å². The summed E-state index contributed by atoms with van der Waals surface area (Å²) in [6, 6.07) is 11.3. The Labute approximate surface area is 117 Å². The zero-order valence-electron chi connectivity index (χ0n) is 11.5. The van der Waals surface area contributed by atoms with Crippen LogP contribution in [0, 0.1) is 0 Å². The molecule has 0 spiro atoms. The van der Waals surface area contributed by atoms with Gasteiger partial charge in [-0.25, -0.2) is 4.79 Å². The van der Waals surface area contributed by atoms with Gasteiger partial charge in [0.1, 0.15) is 0 Å². The molecular weight excluding hydrogens is 254 g/mol. The van der Waals surface area contributed by atoms with Gasteiger partial charge in [0.2, 0.25) is 0 Å². The van der Waals surface area contributed by atoms with Gasteiger partial charge in [-0.1, -0.05) is 12.1 Å². The smallest absolute Gasteiger partial charge is 0.337 e. The van der Waals surface area contributed by atoms with E-state index in [2.05, 4.69) is 10.3 Å². The van der Waals surface area contributed by atoms with Crippen LogP contribution in [0.2, 0.25) is 0 Å². The standard InChI is InChI=1S/C15H17N3O2/c1-18(2)14-6-4-3-5-13(14)17-10-12-8-7-11(9-16-12)15(19)20/h3-9,17H,10H2,1-2H3,(H,19,20). The van der Waals surface area contributed by atoms with Gasteiger partial charge in [0, 0.05) is 20.3 Å². The largest absolute Gasteiger partial charge is 0.478 e. The van der Waals surface area contributed by atoms with Crippen molar-refractivity contribution in [2.45, 2.75) is 6.54 Å². The molecule has 0 aliphatic rings. The lowest BCUT2D eigenvalue weighted by atomic mass is 10.2. The fourth-order valence-corrected chi connectivity index (χ4v) is 1.85. The quantitative estimate of drug-likeness (QED) is 0.874. The third-order valence-electron chi connectivity index (χ3n) is 2.92. The molecule has 2 N–H and O–H groups in total. The average Bonchev–Trinajstić information content (AvgIpc) is 2.45. The van der Waals surface area contributed by atoms with Gasteiger partial charge in [-0.05, 0) is 24.3 Å². The molecule has 0 unspecified atom stereocenters. The van der Waals surface area contributed by atoms with Gasteiger partial charge >= 0.3 is 5.97 Å². The van der Waals surface area contributed by atoms with E-state index in [0.717, 1.165) is 17.1 Å². The Bertz CT molecular complexity index is 594. The Kier molecular flexibility index (Phi) is 4.20. The van der Waals surface area contributed by atoms with Crippen molar-refractivity contribution in [3.8, 4) is 0 Å². The number of hydrogen-bond donors (Lipinski definition) is 2. The molecule has 0 aliphatic carbocycles. The maximum Gasteiger partial charge on any atom is 0.337 e. The van der Waals surface area contributed by atoms with E-state index in [-0.39, 0.29) is 5.56 Å². The third-order valence-corrected chi connectivity index (χ3v) is 2.92. The number of aromatic carboxylic acids is 1. The van der Waals surface area contributed by atoms with Crippen molar-refractivity contribution < 1.29 is 9.90 Å². The monoisotopic (exact) mass is 271 g/mol. The van der Waals surface area contributed by atoms with E-state index in [9.17, 15) is 4.79 Å². The Morgan fingerprint density at radius 1 is 1.25 bits per heavy atom. The van der Waals surface area contributed by atoms with E-state index < -0.39 is 5.97 Å². The number of carboxylic acids is 1. The highest BCUT2D eigenvalue weighted by Gasteiger charge is 2.05. The van der Waals surface area contributed by atoms with Crippen molar-refractivity contribution >= 4 is 17.3 Å². The van der Waals surface area contributed by atoms with E-state index in [1.165, 1.54) is 6.20 Å². The summed E-state index contributed by atoms with van der Waals surface area (Å²) in [7, 11) is 3.97. The molecular formula is C15H17N3O2. The molecule has 5 nitrogen and oxygen atoms in total. The third kappa shape index (κ3) is 3.26. The predicted octanol–water partition coefficient (Wildman–Crippen LogP) is 2.46. The van der Waals surface area contributed by atoms with Crippen LogP contribution < -0.4 is 10.2 Å². The first-order chi connectivity index (χ1) is 9.58. The molecule has 0 fully saturated rings. The van der Waals surface area contributed by atoms with Crippen molar-refractivity contribution in [3.05, 3.63) is 53.9 Å². The number of para-hydroxylation sites is 2. The summed E-state index contributed by atoms with van der Waals surface area (Å²) in [5.41, 5.74) is 3.10. The molecule has 0 saturated heterocycles. The zero-order chi connectivity index (χ0) is 14.5. The summed E-state index contributed by atoms with van der Waals surface area (Å²) >= 11 is 0. The normalized spacial score (nSPS) is 10.1. The molecule has 0 amide bonds. The van der Waals surface area contributed by atoms with Crippen LogP contribution in [-0.2, 0) is 6.54 Å². The SMILES string of the molecule is CN(C)c1ccccc1NCc1ccc(C(=O)O)cn1. The molecule has 20 heavy (non-hydrogen) atoms. The Morgan fingerprint density at radius 2 is 2.00 bits per heavy atom. The van der Waals surface area contributed by atoms with Crippen LogP contribution in [0.3, 0.4) is 0 Å². The lowest BCUT2D eigenvalue weighted by molar-refractivity contribution is 0.0696. The summed E-state index contributed by atoms with van der Waals surface area (Å²) in [6.07, 6.45) is 1.37. The maximum atomic E-state index is 10.8. The predicted molar refractivity (Wildman–Crippen MR) is 79.3 cm³/mol. The van der Waals surface area contributed by atoms with Gasteiger partial charge in [-0.15, -0.1) is 0 Å². The highest BCUT2D eigenvalue weighted by atomic mass is 16.4. The topological polar surface area (TPSA) is 65.5 Å². The zero-order valence-corrected chi connectivity index (χ0v) is 11.5. The number of pyridine rings is 1. The summed E-state index contributed by atoms with van der Waals surface area (Å²) in [4.78, 5) is 16.9. The second kappa shape index (κ2) is 6.06. The minimum atomic E-state index is -0.963. The molecule has 0 atom stereocenters. The molecule has 0 bridgehead atoms. The van der Waals surface area contributed by atoms with E-state index in [4.69, 9.17) is 5.11 Å². The van der Waals surface area contributed by atoms with E-state index >= 15 is 0 Å². The van der Waals surface area contributed by atoms with Crippen molar-refractivity contribution in [1.29, 1.82) is 0 Å². The summed E-state index contributed by atoms with van der Waals surface area (Å²) in [5.74, 6) is -0.963. The average molecular weight is 271 g/mol. The van der Waals surface area contributed by atoms with E-state index in [1.54, 1.807) is 12.1 Å². The second-order valence-corrected chi connectivity index (χ2v) is 4.61. The van der Waals surface area contributed by atoms with Gasteiger partial charge in [-0.2, -0.15) is 0 Å². The minimum Gasteiger partial charge on any atom is -0.478 e. The van der Waals surface area contributed by atoms with Crippen molar-refractivity contribution in [3.63, 3.8) is 0 Å². The highest BCUT2D eigenvalue weighted by molar-refractivity contribution is 5.87. The van der Waals surface area contributed by atoms with Crippen LogP contribution in [-0.4, -0.2) is 30.2 Å². The Hall–Kier alpha value is -2.56.